The highest BCUT2D eigenvalue weighted by atomic mass is 16.4. The second-order valence-electron chi connectivity index (χ2n) is 19.9. The quantitative estimate of drug-likeness (QED) is 0.0192. The lowest BCUT2D eigenvalue weighted by molar-refractivity contribution is -0.144. The summed E-state index contributed by atoms with van der Waals surface area (Å²) in [4.78, 5) is 141. The number of aromatic hydroxyl groups is 2. The van der Waals surface area contributed by atoms with E-state index in [0.717, 1.165) is 10.5 Å². The minimum absolute atomic E-state index is 0.00727. The van der Waals surface area contributed by atoms with Crippen LogP contribution in [-0.2, 0) is 67.2 Å². The Bertz CT molecular complexity index is 2730. The molecule has 9 atom stereocenters. The number of carbonyl (C=O) groups excluding carboxylic acids is 9. The van der Waals surface area contributed by atoms with Crippen LogP contribution in [0.1, 0.15) is 69.1 Å². The Morgan fingerprint density at radius 2 is 1.10 bits per heavy atom. The maximum atomic E-state index is 14.5. The van der Waals surface area contributed by atoms with Crippen LogP contribution < -0.4 is 54.4 Å². The molecule has 0 aromatic heterocycles. The first-order valence-electron chi connectivity index (χ1n) is 26.5. The largest absolute Gasteiger partial charge is 0.508 e. The van der Waals surface area contributed by atoms with Crippen LogP contribution in [0.5, 0.6) is 11.5 Å². The van der Waals surface area contributed by atoms with Crippen LogP contribution in [0.2, 0.25) is 0 Å². The van der Waals surface area contributed by atoms with E-state index in [0.29, 0.717) is 24.0 Å². The van der Waals surface area contributed by atoms with E-state index in [1.165, 1.54) is 55.1 Å². The molecule has 438 valence electrons. The van der Waals surface area contributed by atoms with Gasteiger partial charge in [0.2, 0.25) is 53.2 Å². The number of nitrogens with zero attached hydrogens (tertiary/aromatic N) is 3. The van der Waals surface area contributed by atoms with Gasteiger partial charge in [0, 0.05) is 32.5 Å². The second kappa shape index (κ2) is 30.5. The first-order chi connectivity index (χ1) is 38.5. The average Bonchev–Trinajstić information content (AvgIpc) is 4.21. The monoisotopic (exact) mass is 1130 g/mol. The SMILES string of the molecule is C[C@H](NC(=O)[C@H](C)NC(=O)CNC(=O)[C@H](Cc1ccc(O)cc1)NC(=O)[C@@H]1CCCN1C(=O)[C@H](CO)NC(=O)[C@H](CCCN=C(N)N)NC(=O)[C@@H]1CCCN1C(=O)[C@H](Cc1ccc(O)cc1)NC(=O)[C@@H](N)Cc1ccccc1)C(=O)O. The van der Waals surface area contributed by atoms with Crippen molar-refractivity contribution >= 4 is 65.1 Å². The molecule has 17 N–H and O–H groups in total. The number of hydrogen-bond donors (Lipinski definition) is 14. The van der Waals surface area contributed by atoms with Crippen LogP contribution in [-0.4, -0.2) is 182 Å². The number of nitrogens with two attached hydrogens (primary N) is 3. The zero-order chi connectivity index (χ0) is 59.3. The second-order valence-corrected chi connectivity index (χ2v) is 19.9. The summed E-state index contributed by atoms with van der Waals surface area (Å²) in [5, 5.41) is 57.0. The van der Waals surface area contributed by atoms with Crippen molar-refractivity contribution in [2.24, 2.45) is 22.2 Å². The van der Waals surface area contributed by atoms with Crippen LogP contribution in [0.4, 0.5) is 0 Å². The molecule has 0 bridgehead atoms. The van der Waals surface area contributed by atoms with Crippen molar-refractivity contribution in [3.8, 4) is 11.5 Å². The number of aliphatic hydroxyl groups is 1. The Morgan fingerprint density at radius 1 is 0.593 bits per heavy atom. The fraction of sp³-hybridized carbons (Fsp3) is 0.463. The van der Waals surface area contributed by atoms with E-state index < -0.39 is 127 Å². The molecule has 2 aliphatic rings. The third-order valence-corrected chi connectivity index (χ3v) is 13.6. The van der Waals surface area contributed by atoms with Crippen molar-refractivity contribution in [3.63, 3.8) is 0 Å². The number of phenolic OH excluding ortho intramolecular Hbond substituents is 2. The lowest BCUT2D eigenvalue weighted by Crippen LogP contribution is -2.60. The number of aliphatic imine (C=N–C) groups is 1. The zero-order valence-corrected chi connectivity index (χ0v) is 45.0. The summed E-state index contributed by atoms with van der Waals surface area (Å²) in [6.45, 7) is 1.05. The fourth-order valence-electron chi connectivity index (χ4n) is 9.21. The van der Waals surface area contributed by atoms with Crippen LogP contribution in [0, 0.1) is 0 Å². The maximum absolute atomic E-state index is 14.5. The number of aliphatic hydroxyl groups excluding tert-OH is 1. The minimum atomic E-state index is -1.66. The van der Waals surface area contributed by atoms with E-state index in [1.54, 1.807) is 24.3 Å². The standard InChI is InChI=1S/C54H73N13O14/c1-30(45(72)61-31(2)53(80)81)60-44(71)28-59-47(74)39(26-33-14-18-35(69)19-15-33)63-50(77)43-13-8-24-67(43)52(79)41(29-68)65-48(75)38(11-6-22-58-54(56)57)62-49(76)42-12-7-23-66(42)51(78)40(27-34-16-20-36(70)21-17-34)64-46(73)37(55)25-32-9-4-3-5-10-32/h3-5,9-10,14-21,30-31,37-43,68-70H,6-8,11-13,22-29,55H2,1-2H3,(H,59,74)(H,60,71)(H,61,72)(H,62,76)(H,63,77)(H,64,73)(H,65,75)(H,80,81)(H4,56,57,58)/t30-,31-,37-,38-,39-,40-,41-,42-,43-/m0/s1. The van der Waals surface area contributed by atoms with E-state index in [9.17, 15) is 63.3 Å². The number of nitrogens with one attached hydrogen (secondary N) is 7. The van der Waals surface area contributed by atoms with Crippen LogP contribution in [0.3, 0.4) is 0 Å². The molecule has 5 rings (SSSR count). The Labute approximate surface area is 467 Å². The summed E-state index contributed by atoms with van der Waals surface area (Å²) in [7, 11) is 0. The molecule has 2 aliphatic heterocycles. The van der Waals surface area contributed by atoms with Crippen LogP contribution in [0.25, 0.3) is 0 Å². The first kappa shape index (κ1) is 63.0. The molecule has 81 heavy (non-hydrogen) atoms. The van der Waals surface area contributed by atoms with Gasteiger partial charge in [-0.3, -0.25) is 52.9 Å². The lowest BCUT2D eigenvalue weighted by atomic mass is 10.0. The predicted octanol–water partition coefficient (Wildman–Crippen LogP) is -3.37. The number of benzene rings is 3. The van der Waals surface area contributed by atoms with Crippen molar-refractivity contribution < 1.29 is 68.4 Å². The number of guanidine groups is 1. The number of hydrogen-bond acceptors (Lipinski definition) is 15. The predicted molar refractivity (Wildman–Crippen MR) is 292 cm³/mol. The minimum Gasteiger partial charge on any atom is -0.508 e. The highest BCUT2D eigenvalue weighted by Crippen LogP contribution is 2.23. The Hall–Kier alpha value is -8.85. The molecule has 27 heteroatoms. The molecular weight excluding hydrogens is 1050 g/mol. The third-order valence-electron chi connectivity index (χ3n) is 13.6. The van der Waals surface area contributed by atoms with E-state index in [1.807, 2.05) is 18.2 Å². The highest BCUT2D eigenvalue weighted by Gasteiger charge is 2.42. The van der Waals surface area contributed by atoms with Gasteiger partial charge in [-0.25, -0.2) is 0 Å². The molecule has 27 nitrogen and oxygen atoms in total. The number of phenols is 2. The Balaban J connectivity index is 1.28. The fourth-order valence-corrected chi connectivity index (χ4v) is 9.21. The molecule has 2 heterocycles. The van der Waals surface area contributed by atoms with E-state index in [4.69, 9.17) is 22.3 Å². The summed E-state index contributed by atoms with van der Waals surface area (Å²) in [6.07, 6.45) is 0.960. The number of aliphatic carboxylic acids is 1. The van der Waals surface area contributed by atoms with Gasteiger partial charge in [-0.15, -0.1) is 0 Å². The number of carboxylic acid groups (broad SMARTS) is 1. The molecular formula is C54H73N13O14. The molecule has 2 fully saturated rings. The average molecular weight is 1130 g/mol. The topological polar surface area (TPSA) is 433 Å². The third kappa shape index (κ3) is 19.2. The maximum Gasteiger partial charge on any atom is 0.325 e. The number of rotatable bonds is 28. The van der Waals surface area contributed by atoms with Gasteiger partial charge in [0.1, 0.15) is 59.8 Å². The highest BCUT2D eigenvalue weighted by molar-refractivity contribution is 5.98. The molecule has 0 radical (unpaired) electrons. The number of likely N-dealkylation sites (tertiary alicyclic amines) is 2. The van der Waals surface area contributed by atoms with Gasteiger partial charge in [0.15, 0.2) is 5.96 Å². The van der Waals surface area contributed by atoms with Crippen molar-refractivity contribution in [1.29, 1.82) is 0 Å². The normalized spacial score (nSPS) is 17.3. The summed E-state index contributed by atoms with van der Waals surface area (Å²) in [5.74, 6) is -8.66. The molecule has 3 aromatic rings. The molecule has 0 spiro atoms. The van der Waals surface area contributed by atoms with Gasteiger partial charge in [0.05, 0.1) is 19.2 Å². The molecule has 0 aliphatic carbocycles. The van der Waals surface area contributed by atoms with E-state index >= 15 is 0 Å². The van der Waals surface area contributed by atoms with Crippen molar-refractivity contribution in [1.82, 2.24) is 47.0 Å². The summed E-state index contributed by atoms with van der Waals surface area (Å²) in [5.41, 5.74) is 19.2. The Morgan fingerprint density at radius 3 is 1.63 bits per heavy atom. The van der Waals surface area contributed by atoms with Gasteiger partial charge in [0.25, 0.3) is 0 Å². The molecule has 0 unspecified atom stereocenters. The van der Waals surface area contributed by atoms with Gasteiger partial charge in [-0.05, 0) is 99.7 Å². The molecule has 0 saturated carbocycles. The molecule has 2 saturated heterocycles. The number of carboxylic acids is 1. The first-order valence-corrected chi connectivity index (χ1v) is 26.5. The lowest BCUT2D eigenvalue weighted by Gasteiger charge is -2.31. The van der Waals surface area contributed by atoms with Gasteiger partial charge in [-0.2, -0.15) is 0 Å². The Kier molecular flexibility index (Phi) is 23.7. The summed E-state index contributed by atoms with van der Waals surface area (Å²) < 4.78 is 0. The van der Waals surface area contributed by atoms with E-state index in [-0.39, 0.29) is 82.0 Å². The smallest absolute Gasteiger partial charge is 0.325 e. The van der Waals surface area contributed by atoms with Gasteiger partial charge < -0.3 is 84.6 Å². The van der Waals surface area contributed by atoms with E-state index in [2.05, 4.69) is 42.2 Å². The van der Waals surface area contributed by atoms with Crippen molar-refractivity contribution in [2.75, 3.05) is 32.8 Å². The van der Waals surface area contributed by atoms with Crippen molar-refractivity contribution in [2.45, 2.75) is 126 Å². The summed E-state index contributed by atoms with van der Waals surface area (Å²) in [6, 6.07) is 9.33. The number of amides is 9. The van der Waals surface area contributed by atoms with Gasteiger partial charge in [-0.1, -0.05) is 54.6 Å². The zero-order valence-electron chi connectivity index (χ0n) is 45.0. The van der Waals surface area contributed by atoms with Crippen LogP contribution in [0.15, 0.2) is 83.9 Å². The molecule has 3 aromatic carbocycles. The van der Waals surface area contributed by atoms with Crippen LogP contribution >= 0.6 is 0 Å². The van der Waals surface area contributed by atoms with Gasteiger partial charge >= 0.3 is 5.97 Å². The molecule has 9 amide bonds. The number of carbonyl (C=O) groups is 10. The summed E-state index contributed by atoms with van der Waals surface area (Å²) >= 11 is 0. The van der Waals surface area contributed by atoms with Crippen molar-refractivity contribution in [3.05, 3.63) is 95.6 Å².